The number of aliphatic hydroxyl groups excluding tert-OH is 2. The molecule has 0 bridgehead atoms. The fourth-order valence-corrected chi connectivity index (χ4v) is 7.55. The highest BCUT2D eigenvalue weighted by Crippen LogP contribution is 2.66. The van der Waals surface area contributed by atoms with Crippen LogP contribution < -0.4 is 0 Å². The first-order valence-electron chi connectivity index (χ1n) is 11.0. The van der Waals surface area contributed by atoms with E-state index in [9.17, 15) is 10.2 Å². The van der Waals surface area contributed by atoms with Crippen molar-refractivity contribution in [3.05, 3.63) is 11.1 Å². The quantitative estimate of drug-likeness (QED) is 0.573. The average Bonchev–Trinajstić information content (AvgIpc) is 2.83. The zero-order valence-electron chi connectivity index (χ0n) is 17.8. The van der Waals surface area contributed by atoms with Gasteiger partial charge in [-0.05, 0) is 85.9 Å². The molecular weight excluding hydrogens is 320 g/mol. The van der Waals surface area contributed by atoms with E-state index in [1.807, 2.05) is 0 Å². The standard InChI is InChI=1S/C24H40O2/c1-14-11-17-18-13-22(3,4)7-8-23(18,5)9-10-24(17,6)21(26)20-15(2)19(25)12-16(14)20/h15,17-21,25-26H,7-13H2,1-6H3/t15-,17-,18-,19+,20-,21+,23-,24-/m0/s1. The molecule has 148 valence electrons. The summed E-state index contributed by atoms with van der Waals surface area (Å²) in [5.74, 6) is 1.65. The second-order valence-corrected chi connectivity index (χ2v) is 11.9. The third kappa shape index (κ3) is 2.58. The van der Waals surface area contributed by atoms with Crippen molar-refractivity contribution < 1.29 is 10.2 Å². The minimum absolute atomic E-state index is 0.0103. The third-order valence-corrected chi connectivity index (χ3v) is 9.70. The highest BCUT2D eigenvalue weighted by Gasteiger charge is 2.60. The monoisotopic (exact) mass is 360 g/mol. The molecule has 2 heteroatoms. The summed E-state index contributed by atoms with van der Waals surface area (Å²) in [4.78, 5) is 0. The van der Waals surface area contributed by atoms with Crippen molar-refractivity contribution in [2.75, 3.05) is 0 Å². The van der Waals surface area contributed by atoms with E-state index in [0.29, 0.717) is 22.7 Å². The molecule has 2 N–H and O–H groups in total. The molecule has 4 rings (SSSR count). The SMILES string of the molecule is CC1=C2C[C@@H](O)[C@H](C)[C@@H]2[C@@H](O)[C@@]2(C)CC[C@]3(C)CCC(C)(C)C[C@H]3[C@@H]2C1. The maximum absolute atomic E-state index is 11.7. The first-order chi connectivity index (χ1) is 12.0. The summed E-state index contributed by atoms with van der Waals surface area (Å²) in [5.41, 5.74) is 3.75. The Balaban J connectivity index is 1.77. The Kier molecular flexibility index (Phi) is 4.26. The van der Waals surface area contributed by atoms with E-state index >= 15 is 0 Å². The number of fused-ring (bicyclic) bond motifs is 4. The first-order valence-corrected chi connectivity index (χ1v) is 11.0. The third-order valence-electron chi connectivity index (χ3n) is 9.70. The van der Waals surface area contributed by atoms with Gasteiger partial charge in [0.05, 0.1) is 12.2 Å². The molecule has 0 heterocycles. The van der Waals surface area contributed by atoms with Gasteiger partial charge in [-0.1, -0.05) is 45.8 Å². The molecule has 0 unspecified atom stereocenters. The molecule has 0 amide bonds. The van der Waals surface area contributed by atoms with Crippen LogP contribution in [0.15, 0.2) is 11.1 Å². The minimum Gasteiger partial charge on any atom is -0.392 e. The Labute approximate surface area is 160 Å². The van der Waals surface area contributed by atoms with Gasteiger partial charge in [-0.25, -0.2) is 0 Å². The zero-order valence-corrected chi connectivity index (χ0v) is 17.8. The van der Waals surface area contributed by atoms with Gasteiger partial charge in [0.25, 0.3) is 0 Å². The molecule has 3 saturated carbocycles. The lowest BCUT2D eigenvalue weighted by atomic mass is 9.45. The van der Waals surface area contributed by atoms with E-state index in [0.717, 1.165) is 19.3 Å². The number of rotatable bonds is 0. The van der Waals surface area contributed by atoms with Crippen LogP contribution in [0, 0.1) is 39.9 Å². The summed E-state index contributed by atoms with van der Waals surface area (Å²) in [6, 6.07) is 0. The van der Waals surface area contributed by atoms with Crippen LogP contribution in [0.25, 0.3) is 0 Å². The highest BCUT2D eigenvalue weighted by atomic mass is 16.3. The minimum atomic E-state index is -0.304. The lowest BCUT2D eigenvalue weighted by molar-refractivity contribution is -0.145. The molecule has 8 atom stereocenters. The molecular formula is C24H40O2. The largest absolute Gasteiger partial charge is 0.392 e. The van der Waals surface area contributed by atoms with Crippen LogP contribution in [0.1, 0.15) is 86.5 Å². The van der Waals surface area contributed by atoms with Gasteiger partial charge in [-0.2, -0.15) is 0 Å². The first kappa shape index (κ1) is 19.0. The van der Waals surface area contributed by atoms with Crippen molar-refractivity contribution in [3.63, 3.8) is 0 Å². The predicted octanol–water partition coefficient (Wildman–Crippen LogP) is 5.33. The fourth-order valence-electron chi connectivity index (χ4n) is 7.55. The molecule has 0 aromatic rings. The molecule has 26 heavy (non-hydrogen) atoms. The highest BCUT2D eigenvalue weighted by molar-refractivity contribution is 5.29. The van der Waals surface area contributed by atoms with Gasteiger partial charge >= 0.3 is 0 Å². The Morgan fingerprint density at radius 1 is 0.885 bits per heavy atom. The zero-order chi connectivity index (χ0) is 19.1. The van der Waals surface area contributed by atoms with Crippen molar-refractivity contribution in [2.45, 2.75) is 98.7 Å². The number of aliphatic hydroxyl groups is 2. The second kappa shape index (κ2) is 5.83. The summed E-state index contributed by atoms with van der Waals surface area (Å²) in [6.45, 7) is 14.3. The maximum Gasteiger partial charge on any atom is 0.0665 e. The molecule has 0 saturated heterocycles. The molecule has 2 nitrogen and oxygen atoms in total. The smallest absolute Gasteiger partial charge is 0.0665 e. The number of hydrogen-bond donors (Lipinski definition) is 2. The van der Waals surface area contributed by atoms with E-state index in [1.165, 1.54) is 36.8 Å². The van der Waals surface area contributed by atoms with Crippen LogP contribution >= 0.6 is 0 Å². The van der Waals surface area contributed by atoms with E-state index in [2.05, 4.69) is 41.5 Å². The lowest BCUT2D eigenvalue weighted by Gasteiger charge is -2.60. The second-order valence-electron chi connectivity index (χ2n) is 11.9. The Morgan fingerprint density at radius 3 is 2.23 bits per heavy atom. The normalized spacial score (nSPS) is 53.5. The topological polar surface area (TPSA) is 40.5 Å². The summed E-state index contributed by atoms with van der Waals surface area (Å²) < 4.78 is 0. The summed E-state index contributed by atoms with van der Waals surface area (Å²) >= 11 is 0. The summed E-state index contributed by atoms with van der Waals surface area (Å²) in [5, 5.41) is 22.2. The Bertz CT molecular complexity index is 620. The fraction of sp³-hybridized carbons (Fsp3) is 0.917. The molecule has 4 aliphatic carbocycles. The molecule has 0 aromatic carbocycles. The van der Waals surface area contributed by atoms with Gasteiger partial charge in [-0.3, -0.25) is 0 Å². The van der Waals surface area contributed by atoms with Crippen LogP contribution in [-0.4, -0.2) is 22.4 Å². The molecule has 0 spiro atoms. The molecule has 0 radical (unpaired) electrons. The van der Waals surface area contributed by atoms with Crippen molar-refractivity contribution in [3.8, 4) is 0 Å². The van der Waals surface area contributed by atoms with Crippen LogP contribution in [0.5, 0.6) is 0 Å². The lowest BCUT2D eigenvalue weighted by Crippen LogP contribution is -2.55. The van der Waals surface area contributed by atoms with E-state index < -0.39 is 0 Å². The number of hydrogen-bond acceptors (Lipinski definition) is 2. The van der Waals surface area contributed by atoms with Crippen LogP contribution in [-0.2, 0) is 0 Å². The van der Waals surface area contributed by atoms with Gasteiger partial charge in [-0.15, -0.1) is 0 Å². The summed E-state index contributed by atoms with van der Waals surface area (Å²) in [7, 11) is 0. The molecule has 4 aliphatic rings. The number of allylic oxidation sites excluding steroid dienone is 1. The van der Waals surface area contributed by atoms with Crippen LogP contribution in [0.4, 0.5) is 0 Å². The van der Waals surface area contributed by atoms with Crippen molar-refractivity contribution >= 4 is 0 Å². The van der Waals surface area contributed by atoms with E-state index in [1.54, 1.807) is 0 Å². The van der Waals surface area contributed by atoms with E-state index in [4.69, 9.17) is 0 Å². The van der Waals surface area contributed by atoms with Gasteiger partial charge in [0.15, 0.2) is 0 Å². The summed E-state index contributed by atoms with van der Waals surface area (Å²) in [6.07, 6.45) is 7.74. The molecule has 0 aromatic heterocycles. The van der Waals surface area contributed by atoms with E-state index in [-0.39, 0.29) is 29.5 Å². The van der Waals surface area contributed by atoms with Crippen molar-refractivity contribution in [2.24, 2.45) is 39.9 Å². The van der Waals surface area contributed by atoms with Crippen molar-refractivity contribution in [1.29, 1.82) is 0 Å². The van der Waals surface area contributed by atoms with Crippen LogP contribution in [0.2, 0.25) is 0 Å². The van der Waals surface area contributed by atoms with Gasteiger partial charge in [0.2, 0.25) is 0 Å². The molecule has 0 aliphatic heterocycles. The Morgan fingerprint density at radius 2 is 1.54 bits per heavy atom. The van der Waals surface area contributed by atoms with Crippen molar-refractivity contribution in [1.82, 2.24) is 0 Å². The molecule has 3 fully saturated rings. The predicted molar refractivity (Wildman–Crippen MR) is 107 cm³/mol. The van der Waals surface area contributed by atoms with Gasteiger partial charge in [0.1, 0.15) is 0 Å². The van der Waals surface area contributed by atoms with Gasteiger partial charge in [0, 0.05) is 5.92 Å². The van der Waals surface area contributed by atoms with Crippen LogP contribution in [0.3, 0.4) is 0 Å². The maximum atomic E-state index is 11.7. The van der Waals surface area contributed by atoms with Gasteiger partial charge < -0.3 is 10.2 Å². The Hall–Kier alpha value is -0.340. The average molecular weight is 361 g/mol.